The maximum Gasteiger partial charge on any atom is 0.220 e. The zero-order valence-corrected chi connectivity index (χ0v) is 9.30. The number of hydrogen-bond donors (Lipinski definition) is 4. The summed E-state index contributed by atoms with van der Waals surface area (Å²) in [5.41, 5.74) is 0. The monoisotopic (exact) mass is 233 g/mol. The Bertz CT molecular complexity index is 235. The molecule has 1 amide bonds. The number of carbonyl (C=O) groups excluding carboxylic acids is 1. The maximum absolute atomic E-state index is 11.2. The summed E-state index contributed by atoms with van der Waals surface area (Å²) in [6, 6.07) is 0. The van der Waals surface area contributed by atoms with Gasteiger partial charge in [0.2, 0.25) is 5.91 Å². The summed E-state index contributed by atoms with van der Waals surface area (Å²) < 4.78 is 5.20. The number of amides is 1. The molecule has 0 aliphatic carbocycles. The van der Waals surface area contributed by atoms with Crippen molar-refractivity contribution >= 4 is 5.91 Å². The lowest BCUT2D eigenvalue weighted by Gasteiger charge is -2.15. The number of aliphatic hydroxyl groups is 3. The molecule has 0 spiro atoms. The molecule has 0 radical (unpaired) electrons. The first-order valence-electron chi connectivity index (χ1n) is 5.49. The van der Waals surface area contributed by atoms with Gasteiger partial charge in [0.05, 0.1) is 6.61 Å². The van der Waals surface area contributed by atoms with Crippen molar-refractivity contribution in [3.8, 4) is 0 Å². The third-order valence-electron chi connectivity index (χ3n) is 2.62. The molecule has 0 aromatic carbocycles. The van der Waals surface area contributed by atoms with Crippen LogP contribution >= 0.6 is 0 Å². The van der Waals surface area contributed by atoms with E-state index in [0.717, 1.165) is 6.42 Å². The lowest BCUT2D eigenvalue weighted by molar-refractivity contribution is -0.122. The first-order valence-corrected chi connectivity index (χ1v) is 5.49. The molecule has 1 heterocycles. The smallest absolute Gasteiger partial charge is 0.220 e. The summed E-state index contributed by atoms with van der Waals surface area (Å²) in [5.74, 6) is -0.111. The lowest BCUT2D eigenvalue weighted by atomic mass is 10.1. The topological polar surface area (TPSA) is 99.0 Å². The van der Waals surface area contributed by atoms with Crippen LogP contribution in [0.3, 0.4) is 0 Å². The molecule has 0 bridgehead atoms. The molecule has 1 aliphatic heterocycles. The van der Waals surface area contributed by atoms with E-state index in [1.54, 1.807) is 0 Å². The molecule has 16 heavy (non-hydrogen) atoms. The second-order valence-electron chi connectivity index (χ2n) is 3.93. The van der Waals surface area contributed by atoms with Crippen LogP contribution in [0.15, 0.2) is 0 Å². The van der Waals surface area contributed by atoms with Crippen molar-refractivity contribution in [2.24, 2.45) is 0 Å². The zero-order chi connectivity index (χ0) is 12.1. The van der Waals surface area contributed by atoms with Crippen molar-refractivity contribution in [3.63, 3.8) is 0 Å². The fourth-order valence-electron chi connectivity index (χ4n) is 1.68. The normalized spacial score (nSPS) is 34.0. The van der Waals surface area contributed by atoms with E-state index in [9.17, 15) is 15.0 Å². The Kier molecular flexibility index (Phi) is 5.14. The van der Waals surface area contributed by atoms with Crippen LogP contribution in [0.5, 0.6) is 0 Å². The van der Waals surface area contributed by atoms with Crippen molar-refractivity contribution in [1.82, 2.24) is 5.32 Å². The molecule has 1 fully saturated rings. The number of aliphatic hydroxyl groups excluding tert-OH is 3. The summed E-state index contributed by atoms with van der Waals surface area (Å²) >= 11 is 0. The number of rotatable bonds is 5. The number of hydrogen-bond acceptors (Lipinski definition) is 5. The highest BCUT2D eigenvalue weighted by Gasteiger charge is 2.42. The lowest BCUT2D eigenvalue weighted by Crippen LogP contribution is -2.39. The van der Waals surface area contributed by atoms with Crippen LogP contribution in [0.1, 0.15) is 19.8 Å². The van der Waals surface area contributed by atoms with Crippen molar-refractivity contribution in [2.75, 3.05) is 13.2 Å². The van der Waals surface area contributed by atoms with Crippen LogP contribution in [0.2, 0.25) is 0 Å². The third kappa shape index (κ3) is 3.15. The second kappa shape index (κ2) is 6.15. The molecule has 4 atom stereocenters. The highest BCUT2D eigenvalue weighted by molar-refractivity contribution is 5.75. The van der Waals surface area contributed by atoms with Crippen LogP contribution in [0, 0.1) is 0 Å². The predicted octanol–water partition coefficient (Wildman–Crippen LogP) is -1.62. The molecule has 1 aliphatic rings. The average molecular weight is 233 g/mol. The molecule has 1 rings (SSSR count). The minimum absolute atomic E-state index is 0.111. The molecule has 4 N–H and O–H groups in total. The maximum atomic E-state index is 11.2. The van der Waals surface area contributed by atoms with E-state index < -0.39 is 24.4 Å². The SMILES string of the molecule is CCCC(=O)NC[C@H]1O[C@H](CO)[C@@H](O)[C@@H]1O. The van der Waals surface area contributed by atoms with E-state index in [1.807, 2.05) is 6.92 Å². The predicted molar refractivity (Wildman–Crippen MR) is 55.7 cm³/mol. The van der Waals surface area contributed by atoms with Gasteiger partial charge < -0.3 is 25.4 Å². The van der Waals surface area contributed by atoms with Crippen LogP contribution < -0.4 is 5.32 Å². The zero-order valence-electron chi connectivity index (χ0n) is 9.30. The van der Waals surface area contributed by atoms with Crippen LogP contribution in [0.25, 0.3) is 0 Å². The minimum atomic E-state index is -1.10. The van der Waals surface area contributed by atoms with Gasteiger partial charge in [0.15, 0.2) is 0 Å². The van der Waals surface area contributed by atoms with Crippen LogP contribution in [-0.4, -0.2) is 58.8 Å². The highest BCUT2D eigenvalue weighted by atomic mass is 16.6. The first kappa shape index (κ1) is 13.4. The van der Waals surface area contributed by atoms with Crippen molar-refractivity contribution in [1.29, 1.82) is 0 Å². The van der Waals surface area contributed by atoms with E-state index >= 15 is 0 Å². The van der Waals surface area contributed by atoms with Gasteiger partial charge in [0, 0.05) is 13.0 Å². The van der Waals surface area contributed by atoms with Gasteiger partial charge >= 0.3 is 0 Å². The van der Waals surface area contributed by atoms with Crippen molar-refractivity contribution in [2.45, 2.75) is 44.2 Å². The van der Waals surface area contributed by atoms with E-state index in [1.165, 1.54) is 0 Å². The fraction of sp³-hybridized carbons (Fsp3) is 0.900. The van der Waals surface area contributed by atoms with Gasteiger partial charge in [-0.25, -0.2) is 0 Å². The number of nitrogens with one attached hydrogen (secondary N) is 1. The van der Waals surface area contributed by atoms with Gasteiger partial charge in [0.1, 0.15) is 24.4 Å². The van der Waals surface area contributed by atoms with Gasteiger partial charge in [-0.3, -0.25) is 4.79 Å². The highest BCUT2D eigenvalue weighted by Crippen LogP contribution is 2.20. The summed E-state index contributed by atoms with van der Waals surface area (Å²) in [7, 11) is 0. The largest absolute Gasteiger partial charge is 0.394 e. The first-order chi connectivity index (χ1) is 7.60. The molecule has 6 nitrogen and oxygen atoms in total. The molecule has 0 aromatic heterocycles. The van der Waals surface area contributed by atoms with Crippen molar-refractivity contribution in [3.05, 3.63) is 0 Å². The molecule has 0 aromatic rings. The van der Waals surface area contributed by atoms with Gasteiger partial charge in [-0.1, -0.05) is 6.92 Å². The van der Waals surface area contributed by atoms with Gasteiger partial charge in [0.25, 0.3) is 0 Å². The van der Waals surface area contributed by atoms with E-state index in [4.69, 9.17) is 9.84 Å². The Hall–Kier alpha value is -0.690. The average Bonchev–Trinajstić information content (AvgIpc) is 2.54. The Morgan fingerprint density at radius 3 is 2.44 bits per heavy atom. The Morgan fingerprint density at radius 1 is 1.31 bits per heavy atom. The quantitative estimate of drug-likeness (QED) is 0.457. The van der Waals surface area contributed by atoms with Gasteiger partial charge in [-0.15, -0.1) is 0 Å². The molecule has 1 saturated heterocycles. The Balaban J connectivity index is 2.35. The van der Waals surface area contributed by atoms with Crippen molar-refractivity contribution < 1.29 is 24.9 Å². The Labute approximate surface area is 94.2 Å². The van der Waals surface area contributed by atoms with E-state index in [0.29, 0.717) is 6.42 Å². The van der Waals surface area contributed by atoms with Crippen LogP contribution in [0.4, 0.5) is 0 Å². The molecule has 0 saturated carbocycles. The summed E-state index contributed by atoms with van der Waals surface area (Å²) in [4.78, 5) is 11.2. The molecule has 0 unspecified atom stereocenters. The number of ether oxygens (including phenoxy) is 1. The summed E-state index contributed by atoms with van der Waals surface area (Å²) in [6.45, 7) is 1.69. The van der Waals surface area contributed by atoms with Gasteiger partial charge in [-0.2, -0.15) is 0 Å². The molecular formula is C10H19NO5. The Morgan fingerprint density at radius 2 is 1.94 bits per heavy atom. The minimum Gasteiger partial charge on any atom is -0.394 e. The van der Waals surface area contributed by atoms with Crippen LogP contribution in [-0.2, 0) is 9.53 Å². The number of carbonyl (C=O) groups is 1. The molecule has 94 valence electrons. The molecule has 6 heteroatoms. The van der Waals surface area contributed by atoms with Gasteiger partial charge in [-0.05, 0) is 6.42 Å². The third-order valence-corrected chi connectivity index (χ3v) is 2.62. The molecular weight excluding hydrogens is 214 g/mol. The standard InChI is InChI=1S/C10H19NO5/c1-2-3-8(13)11-4-6-9(14)10(15)7(5-12)16-6/h6-7,9-10,12,14-15H,2-5H2,1H3,(H,11,13)/t6-,7-,9-,10-/m1/s1. The summed E-state index contributed by atoms with van der Waals surface area (Å²) in [6.07, 6.45) is -2.43. The fourth-order valence-corrected chi connectivity index (χ4v) is 1.68. The van der Waals surface area contributed by atoms with E-state index in [2.05, 4.69) is 5.32 Å². The summed E-state index contributed by atoms with van der Waals surface area (Å²) in [5, 5.41) is 30.5. The van der Waals surface area contributed by atoms with E-state index in [-0.39, 0.29) is 19.1 Å². The second-order valence-corrected chi connectivity index (χ2v) is 3.93.